The Kier molecular flexibility index (Phi) is 4.33. The number of para-hydroxylation sites is 1. The predicted octanol–water partition coefficient (Wildman–Crippen LogP) is 1.59. The van der Waals surface area contributed by atoms with Crippen LogP contribution in [0, 0.1) is 0 Å². The number of hydrogen-bond acceptors (Lipinski definition) is 6. The third kappa shape index (κ3) is 3.10. The van der Waals surface area contributed by atoms with Crippen molar-refractivity contribution in [3.63, 3.8) is 0 Å². The van der Waals surface area contributed by atoms with Gasteiger partial charge in [-0.3, -0.25) is 0 Å². The Labute approximate surface area is 98.3 Å². The number of nitrogens with two attached hydrogens (primary N) is 1. The predicted molar refractivity (Wildman–Crippen MR) is 59.8 cm³/mol. The number of rotatable bonds is 3. The van der Waals surface area contributed by atoms with Gasteiger partial charge in [0, 0.05) is 0 Å². The second-order valence-electron chi connectivity index (χ2n) is 3.00. The molecule has 0 heterocycles. The molecule has 6 nitrogen and oxygen atoms in total. The molecular formula is C11H13NO5. The Morgan fingerprint density at radius 1 is 1.35 bits per heavy atom. The zero-order valence-corrected chi connectivity index (χ0v) is 9.56. The number of ether oxygens (including phenoxy) is 3. The van der Waals surface area contributed by atoms with Crippen LogP contribution in [-0.2, 0) is 9.47 Å². The first-order valence-electron chi connectivity index (χ1n) is 4.91. The van der Waals surface area contributed by atoms with E-state index in [1.807, 2.05) is 0 Å². The van der Waals surface area contributed by atoms with Gasteiger partial charge >= 0.3 is 12.1 Å². The summed E-state index contributed by atoms with van der Waals surface area (Å²) in [7, 11) is 1.16. The second kappa shape index (κ2) is 5.74. The third-order valence-electron chi connectivity index (χ3n) is 1.89. The molecule has 2 N–H and O–H groups in total. The Morgan fingerprint density at radius 2 is 2.06 bits per heavy atom. The number of benzene rings is 1. The number of carbonyl (C=O) groups is 2. The van der Waals surface area contributed by atoms with Gasteiger partial charge in [0.2, 0.25) is 0 Å². The van der Waals surface area contributed by atoms with Crippen molar-refractivity contribution in [1.29, 1.82) is 0 Å². The van der Waals surface area contributed by atoms with Gasteiger partial charge in [0.1, 0.15) is 5.56 Å². The smallest absolute Gasteiger partial charge is 0.462 e. The Bertz CT molecular complexity index is 430. The van der Waals surface area contributed by atoms with Gasteiger partial charge in [0.25, 0.3) is 0 Å². The van der Waals surface area contributed by atoms with Crippen LogP contribution in [0.4, 0.5) is 10.5 Å². The molecule has 0 saturated heterocycles. The van der Waals surface area contributed by atoms with E-state index in [1.165, 1.54) is 12.1 Å². The van der Waals surface area contributed by atoms with Gasteiger partial charge in [-0.2, -0.15) is 0 Å². The monoisotopic (exact) mass is 239 g/mol. The molecular weight excluding hydrogens is 226 g/mol. The molecule has 1 rings (SSSR count). The molecule has 0 aliphatic rings. The maximum Gasteiger partial charge on any atom is 0.513 e. The van der Waals surface area contributed by atoms with Crippen LogP contribution in [0.2, 0.25) is 0 Å². The summed E-state index contributed by atoms with van der Waals surface area (Å²) in [6.45, 7) is 1.89. The first-order chi connectivity index (χ1) is 8.10. The number of carbonyl (C=O) groups excluding carboxylic acids is 2. The van der Waals surface area contributed by atoms with Crippen molar-refractivity contribution >= 4 is 17.8 Å². The molecule has 0 amide bonds. The van der Waals surface area contributed by atoms with Crippen molar-refractivity contribution < 1.29 is 23.8 Å². The van der Waals surface area contributed by atoms with Crippen LogP contribution >= 0.6 is 0 Å². The van der Waals surface area contributed by atoms with Crippen molar-refractivity contribution in [3.05, 3.63) is 23.8 Å². The quantitative estimate of drug-likeness (QED) is 0.489. The number of methoxy groups -OCH3 is 1. The van der Waals surface area contributed by atoms with E-state index in [2.05, 4.69) is 4.74 Å². The average molecular weight is 239 g/mol. The molecule has 0 radical (unpaired) electrons. The fourth-order valence-corrected chi connectivity index (χ4v) is 1.16. The second-order valence-corrected chi connectivity index (χ2v) is 3.00. The van der Waals surface area contributed by atoms with Crippen LogP contribution in [0.5, 0.6) is 5.75 Å². The molecule has 0 unspecified atom stereocenters. The van der Waals surface area contributed by atoms with E-state index in [4.69, 9.17) is 15.2 Å². The Morgan fingerprint density at radius 3 is 2.65 bits per heavy atom. The molecule has 0 atom stereocenters. The lowest BCUT2D eigenvalue weighted by Gasteiger charge is -2.10. The number of esters is 1. The van der Waals surface area contributed by atoms with E-state index < -0.39 is 12.1 Å². The van der Waals surface area contributed by atoms with E-state index >= 15 is 0 Å². The van der Waals surface area contributed by atoms with Crippen molar-refractivity contribution in [1.82, 2.24) is 0 Å². The maximum absolute atomic E-state index is 11.6. The van der Waals surface area contributed by atoms with Crippen molar-refractivity contribution in [2.45, 2.75) is 6.92 Å². The van der Waals surface area contributed by atoms with Crippen LogP contribution in [0.3, 0.4) is 0 Å². The maximum atomic E-state index is 11.6. The molecule has 92 valence electrons. The molecule has 0 aliphatic carbocycles. The highest BCUT2D eigenvalue weighted by Crippen LogP contribution is 2.27. The minimum atomic E-state index is -0.951. The lowest BCUT2D eigenvalue weighted by Crippen LogP contribution is -2.14. The molecule has 1 aromatic carbocycles. The molecule has 0 spiro atoms. The minimum Gasteiger partial charge on any atom is -0.462 e. The highest BCUT2D eigenvalue weighted by atomic mass is 16.7. The standard InChI is InChI=1S/C11H13NO5/c1-3-16-10(13)7-5-4-6-8(12)9(7)17-11(14)15-2/h4-6H,3,12H2,1-2H3. The number of hydrogen-bond donors (Lipinski definition) is 1. The first-order valence-corrected chi connectivity index (χ1v) is 4.91. The lowest BCUT2D eigenvalue weighted by atomic mass is 10.2. The first kappa shape index (κ1) is 12.8. The van der Waals surface area contributed by atoms with Gasteiger partial charge in [-0.15, -0.1) is 0 Å². The molecule has 0 bridgehead atoms. The van der Waals surface area contributed by atoms with Gasteiger partial charge in [0.05, 0.1) is 19.4 Å². The summed E-state index contributed by atoms with van der Waals surface area (Å²) in [5.41, 5.74) is 5.85. The highest BCUT2D eigenvalue weighted by molar-refractivity contribution is 5.95. The van der Waals surface area contributed by atoms with Crippen LogP contribution < -0.4 is 10.5 Å². The van der Waals surface area contributed by atoms with E-state index in [0.29, 0.717) is 0 Å². The molecule has 0 aliphatic heterocycles. The fourth-order valence-electron chi connectivity index (χ4n) is 1.16. The molecule has 0 aromatic heterocycles. The zero-order chi connectivity index (χ0) is 12.8. The molecule has 6 heteroatoms. The summed E-state index contributed by atoms with van der Waals surface area (Å²) >= 11 is 0. The molecule has 1 aromatic rings. The van der Waals surface area contributed by atoms with Gasteiger partial charge in [0.15, 0.2) is 5.75 Å². The lowest BCUT2D eigenvalue weighted by molar-refractivity contribution is 0.0522. The normalized spacial score (nSPS) is 9.53. The summed E-state index contributed by atoms with van der Waals surface area (Å²) in [5, 5.41) is 0. The number of anilines is 1. The summed E-state index contributed by atoms with van der Waals surface area (Å²) in [6.07, 6.45) is -0.951. The van der Waals surface area contributed by atoms with E-state index in [9.17, 15) is 9.59 Å². The van der Waals surface area contributed by atoms with E-state index in [0.717, 1.165) is 7.11 Å². The summed E-state index contributed by atoms with van der Waals surface area (Å²) in [5.74, 6) is -0.670. The Hall–Kier alpha value is -2.24. The number of nitrogen functional groups attached to an aromatic ring is 1. The van der Waals surface area contributed by atoms with Gasteiger partial charge < -0.3 is 19.9 Å². The van der Waals surface area contributed by atoms with Crippen LogP contribution in [0.1, 0.15) is 17.3 Å². The zero-order valence-electron chi connectivity index (χ0n) is 9.56. The average Bonchev–Trinajstić information content (AvgIpc) is 2.31. The van der Waals surface area contributed by atoms with E-state index in [-0.39, 0.29) is 23.6 Å². The van der Waals surface area contributed by atoms with E-state index in [1.54, 1.807) is 13.0 Å². The summed E-state index contributed by atoms with van der Waals surface area (Å²) < 4.78 is 14.0. The molecule has 0 fully saturated rings. The largest absolute Gasteiger partial charge is 0.513 e. The van der Waals surface area contributed by atoms with Crippen molar-refractivity contribution in [2.75, 3.05) is 19.5 Å². The van der Waals surface area contributed by atoms with Crippen LogP contribution in [0.15, 0.2) is 18.2 Å². The van der Waals surface area contributed by atoms with Crippen molar-refractivity contribution in [3.8, 4) is 5.75 Å². The topological polar surface area (TPSA) is 87.9 Å². The van der Waals surface area contributed by atoms with Gasteiger partial charge in [-0.05, 0) is 19.1 Å². The van der Waals surface area contributed by atoms with Gasteiger partial charge in [-0.1, -0.05) is 6.07 Å². The molecule has 17 heavy (non-hydrogen) atoms. The van der Waals surface area contributed by atoms with Crippen LogP contribution in [-0.4, -0.2) is 25.8 Å². The fraction of sp³-hybridized carbons (Fsp3) is 0.273. The summed E-state index contributed by atoms with van der Waals surface area (Å²) in [6, 6.07) is 4.51. The van der Waals surface area contributed by atoms with Crippen molar-refractivity contribution in [2.24, 2.45) is 0 Å². The minimum absolute atomic E-state index is 0.0576. The molecule has 0 saturated carbocycles. The Balaban J connectivity index is 3.08. The highest BCUT2D eigenvalue weighted by Gasteiger charge is 2.19. The third-order valence-corrected chi connectivity index (χ3v) is 1.89. The van der Waals surface area contributed by atoms with Crippen LogP contribution in [0.25, 0.3) is 0 Å². The SMILES string of the molecule is CCOC(=O)c1cccc(N)c1OC(=O)OC. The summed E-state index contributed by atoms with van der Waals surface area (Å²) in [4.78, 5) is 22.6. The van der Waals surface area contributed by atoms with Gasteiger partial charge in [-0.25, -0.2) is 9.59 Å².